The smallest absolute Gasteiger partial charge is 0.189 e. The first-order valence-corrected chi connectivity index (χ1v) is 10.3. The molecule has 1 saturated heterocycles. The number of ketones is 1. The van der Waals surface area contributed by atoms with E-state index >= 15 is 0 Å². The van der Waals surface area contributed by atoms with E-state index in [9.17, 15) is 4.79 Å². The second kappa shape index (κ2) is 9.63. The van der Waals surface area contributed by atoms with E-state index in [0.717, 1.165) is 42.0 Å². The Kier molecular flexibility index (Phi) is 6.49. The van der Waals surface area contributed by atoms with Gasteiger partial charge in [-0.05, 0) is 24.7 Å². The Bertz CT molecular complexity index is 1070. The lowest BCUT2D eigenvalue weighted by Crippen LogP contribution is -2.37. The van der Waals surface area contributed by atoms with Crippen LogP contribution in [-0.2, 0) is 17.7 Å². The molecule has 0 spiro atoms. The van der Waals surface area contributed by atoms with Crippen molar-refractivity contribution in [2.24, 2.45) is 0 Å². The van der Waals surface area contributed by atoms with Crippen molar-refractivity contribution in [2.75, 3.05) is 44.0 Å². The number of carbonyl (C=O) groups is 1. The van der Waals surface area contributed by atoms with Crippen molar-refractivity contribution in [1.29, 1.82) is 0 Å². The molecule has 4 rings (SSSR count). The third kappa shape index (κ3) is 4.87. The number of ether oxygens (including phenoxy) is 1. The molecule has 1 fully saturated rings. The van der Waals surface area contributed by atoms with E-state index in [1.165, 1.54) is 0 Å². The van der Waals surface area contributed by atoms with Gasteiger partial charge in [-0.15, -0.1) is 0 Å². The third-order valence-electron chi connectivity index (χ3n) is 5.25. The van der Waals surface area contributed by atoms with Crippen LogP contribution in [0.1, 0.15) is 21.6 Å². The number of hydrogen-bond donors (Lipinski definition) is 2. The number of rotatable bonds is 7. The summed E-state index contributed by atoms with van der Waals surface area (Å²) in [6.07, 6.45) is 5.24. The highest BCUT2D eigenvalue weighted by atomic mass is 16.5. The second-order valence-corrected chi connectivity index (χ2v) is 7.42. The second-order valence-electron chi connectivity index (χ2n) is 7.42. The predicted molar refractivity (Wildman–Crippen MR) is 120 cm³/mol. The summed E-state index contributed by atoms with van der Waals surface area (Å²) in [7, 11) is 1.90. The predicted octanol–water partition coefficient (Wildman–Crippen LogP) is 2.10. The molecule has 31 heavy (non-hydrogen) atoms. The molecule has 1 aliphatic heterocycles. The Labute approximate surface area is 181 Å². The van der Waals surface area contributed by atoms with E-state index < -0.39 is 0 Å². The number of nitrogen functional groups attached to an aromatic ring is 1. The van der Waals surface area contributed by atoms with Gasteiger partial charge >= 0.3 is 0 Å². The molecule has 160 valence electrons. The molecule has 3 heterocycles. The summed E-state index contributed by atoms with van der Waals surface area (Å²) in [5.41, 5.74) is 10.7. The summed E-state index contributed by atoms with van der Waals surface area (Å²) in [5, 5.41) is 3.13. The van der Waals surface area contributed by atoms with Gasteiger partial charge in [0.25, 0.3) is 0 Å². The van der Waals surface area contributed by atoms with Crippen molar-refractivity contribution in [3.05, 3.63) is 65.7 Å². The summed E-state index contributed by atoms with van der Waals surface area (Å²) in [5.74, 6) is -0.0438. The highest BCUT2D eigenvalue weighted by Gasteiger charge is 2.20. The molecule has 0 atom stereocenters. The van der Waals surface area contributed by atoms with Crippen LogP contribution in [0.4, 0.5) is 11.5 Å². The van der Waals surface area contributed by atoms with Crippen LogP contribution in [-0.4, -0.2) is 54.1 Å². The van der Waals surface area contributed by atoms with Gasteiger partial charge in [0.15, 0.2) is 11.6 Å². The zero-order chi connectivity index (χ0) is 21.6. The number of nitrogens with one attached hydrogen (secondary N) is 1. The number of benzene rings is 1. The lowest BCUT2D eigenvalue weighted by molar-refractivity contribution is 0.0988. The summed E-state index contributed by atoms with van der Waals surface area (Å²) >= 11 is 0. The minimum Gasteiger partial charge on any atom is -0.382 e. The molecule has 2 aromatic heterocycles. The van der Waals surface area contributed by atoms with E-state index in [2.05, 4.69) is 25.2 Å². The topological polar surface area (TPSA) is 106 Å². The number of aromatic nitrogens is 3. The molecule has 3 aromatic rings. The Morgan fingerprint density at radius 2 is 2.06 bits per heavy atom. The van der Waals surface area contributed by atoms with E-state index in [-0.39, 0.29) is 23.7 Å². The van der Waals surface area contributed by atoms with Gasteiger partial charge in [-0.3, -0.25) is 9.78 Å². The van der Waals surface area contributed by atoms with Crippen LogP contribution in [0.15, 0.2) is 48.9 Å². The normalized spacial score (nSPS) is 13.9. The van der Waals surface area contributed by atoms with Crippen molar-refractivity contribution in [1.82, 2.24) is 20.3 Å². The van der Waals surface area contributed by atoms with E-state index in [1.54, 1.807) is 18.6 Å². The maximum Gasteiger partial charge on any atom is 0.189 e. The summed E-state index contributed by atoms with van der Waals surface area (Å²) in [6, 6.07) is 9.92. The molecule has 8 nitrogen and oxygen atoms in total. The molecular weight excluding hydrogens is 392 g/mol. The molecule has 1 aliphatic rings. The average molecular weight is 419 g/mol. The fraction of sp³-hybridized carbons (Fsp3) is 0.304. The lowest BCUT2D eigenvalue weighted by atomic mass is 10.0. The number of carbonyl (C=O) groups excluding carboxylic acids is 1. The molecule has 1 aromatic carbocycles. The maximum absolute atomic E-state index is 13.2. The number of hydrogen-bond acceptors (Lipinski definition) is 8. The Morgan fingerprint density at radius 1 is 1.23 bits per heavy atom. The van der Waals surface area contributed by atoms with E-state index in [1.807, 2.05) is 37.4 Å². The SMILES string of the molecule is CNCc1cccc(-c2cnc(N)c(C(=O)Cc3cnccc3N3CCOCC3)n2)c1. The van der Waals surface area contributed by atoms with Gasteiger partial charge in [0.1, 0.15) is 5.69 Å². The first kappa shape index (κ1) is 20.9. The Morgan fingerprint density at radius 3 is 2.87 bits per heavy atom. The minimum absolute atomic E-state index is 0.136. The van der Waals surface area contributed by atoms with E-state index in [4.69, 9.17) is 10.5 Å². The highest BCUT2D eigenvalue weighted by molar-refractivity contribution is 6.00. The zero-order valence-corrected chi connectivity index (χ0v) is 17.5. The van der Waals surface area contributed by atoms with Crippen LogP contribution < -0.4 is 16.0 Å². The maximum atomic E-state index is 13.2. The van der Waals surface area contributed by atoms with Crippen molar-refractivity contribution in [2.45, 2.75) is 13.0 Å². The fourth-order valence-corrected chi connectivity index (χ4v) is 3.71. The standard InChI is InChI=1S/C23H26N6O2/c1-25-13-16-3-2-4-17(11-16)19-15-27-23(24)22(28-19)21(30)12-18-14-26-6-5-20(18)29-7-9-31-10-8-29/h2-6,11,14-15,25H,7-10,12-13H2,1H3,(H2,24,27). The number of morpholine rings is 1. The van der Waals surface area contributed by atoms with Crippen molar-refractivity contribution in [3.8, 4) is 11.3 Å². The van der Waals surface area contributed by atoms with Crippen LogP contribution in [0, 0.1) is 0 Å². The summed E-state index contributed by atoms with van der Waals surface area (Å²) < 4.78 is 5.44. The number of nitrogens with two attached hydrogens (primary N) is 1. The molecule has 0 aliphatic carbocycles. The van der Waals surface area contributed by atoms with Gasteiger partial charge < -0.3 is 20.7 Å². The molecule has 0 radical (unpaired) electrons. The molecule has 0 saturated carbocycles. The zero-order valence-electron chi connectivity index (χ0n) is 17.5. The van der Waals surface area contributed by atoms with Crippen molar-refractivity contribution < 1.29 is 9.53 Å². The van der Waals surface area contributed by atoms with Crippen LogP contribution in [0.3, 0.4) is 0 Å². The first-order valence-electron chi connectivity index (χ1n) is 10.3. The highest BCUT2D eigenvalue weighted by Crippen LogP contribution is 2.24. The van der Waals surface area contributed by atoms with E-state index in [0.29, 0.717) is 18.9 Å². The van der Waals surface area contributed by atoms with Gasteiger partial charge in [0.05, 0.1) is 25.1 Å². The summed E-state index contributed by atoms with van der Waals surface area (Å²) in [6.45, 7) is 3.65. The first-order chi connectivity index (χ1) is 15.2. The quantitative estimate of drug-likeness (QED) is 0.562. The van der Waals surface area contributed by atoms with Gasteiger partial charge in [-0.2, -0.15) is 0 Å². The largest absolute Gasteiger partial charge is 0.382 e. The monoisotopic (exact) mass is 418 g/mol. The average Bonchev–Trinajstić information content (AvgIpc) is 2.81. The van der Waals surface area contributed by atoms with Gasteiger partial charge in [0.2, 0.25) is 0 Å². The lowest BCUT2D eigenvalue weighted by Gasteiger charge is -2.30. The number of Topliss-reactive ketones (excluding diaryl/α,β-unsaturated/α-hetero) is 1. The van der Waals surface area contributed by atoms with Crippen LogP contribution in [0.5, 0.6) is 0 Å². The molecule has 0 bridgehead atoms. The van der Waals surface area contributed by atoms with Gasteiger partial charge in [-0.1, -0.05) is 18.2 Å². The van der Waals surface area contributed by atoms with Gasteiger partial charge in [-0.25, -0.2) is 9.97 Å². The van der Waals surface area contributed by atoms with Crippen LogP contribution in [0.25, 0.3) is 11.3 Å². The molecular formula is C23H26N6O2. The van der Waals surface area contributed by atoms with Crippen molar-refractivity contribution >= 4 is 17.3 Å². The number of anilines is 2. The van der Waals surface area contributed by atoms with Crippen LogP contribution in [0.2, 0.25) is 0 Å². The minimum atomic E-state index is -0.180. The fourth-order valence-electron chi connectivity index (χ4n) is 3.71. The summed E-state index contributed by atoms with van der Waals surface area (Å²) in [4.78, 5) is 28.4. The van der Waals surface area contributed by atoms with Crippen LogP contribution >= 0.6 is 0 Å². The number of nitrogens with zero attached hydrogens (tertiary/aromatic N) is 4. The Balaban J connectivity index is 1.60. The van der Waals surface area contributed by atoms with Gasteiger partial charge in [0, 0.05) is 55.3 Å². The molecule has 3 N–H and O–H groups in total. The molecule has 0 amide bonds. The third-order valence-corrected chi connectivity index (χ3v) is 5.25. The Hall–Kier alpha value is -3.36. The molecule has 8 heteroatoms. The van der Waals surface area contributed by atoms with Crippen molar-refractivity contribution in [3.63, 3.8) is 0 Å². The number of pyridine rings is 1. The molecule has 0 unspecified atom stereocenters.